The summed E-state index contributed by atoms with van der Waals surface area (Å²) in [6.45, 7) is 0. The zero-order valence-corrected chi connectivity index (χ0v) is 9.69. The zero-order chi connectivity index (χ0) is 13.1. The second-order valence-electron chi connectivity index (χ2n) is 3.17. The molecule has 1 aromatic heterocycles. The number of hydrogen-bond acceptors (Lipinski definition) is 6. The minimum absolute atomic E-state index is 0.207. The van der Waals surface area contributed by atoms with E-state index < -0.39 is 33.3 Å². The van der Waals surface area contributed by atoms with E-state index in [2.05, 4.69) is 4.74 Å². The molecule has 0 bridgehead atoms. The summed E-state index contributed by atoms with van der Waals surface area (Å²) in [5.41, 5.74) is -0.238. The van der Waals surface area contributed by atoms with Crippen LogP contribution in [0.1, 0.15) is 16.1 Å². The molecule has 17 heavy (non-hydrogen) atoms. The molecule has 7 nitrogen and oxygen atoms in total. The van der Waals surface area contributed by atoms with Gasteiger partial charge in [0.25, 0.3) is 0 Å². The molecular weight excluding hydrogens is 252 g/mol. The first-order valence-electron chi connectivity index (χ1n) is 4.42. The molecule has 0 aliphatic heterocycles. The Balaban J connectivity index is 2.87. The topological polar surface area (TPSA) is 111 Å². The van der Waals surface area contributed by atoms with E-state index in [4.69, 9.17) is 9.52 Å². The molecule has 0 aliphatic rings. The molecule has 0 atom stereocenters. The number of ether oxygens (including phenoxy) is 1. The lowest BCUT2D eigenvalue weighted by Crippen LogP contribution is -2.19. The highest BCUT2D eigenvalue weighted by Gasteiger charge is 2.23. The van der Waals surface area contributed by atoms with E-state index in [1.807, 2.05) is 0 Å². The van der Waals surface area contributed by atoms with E-state index in [0.29, 0.717) is 0 Å². The smallest absolute Gasteiger partial charge is 0.339 e. The molecule has 0 amide bonds. The lowest BCUT2D eigenvalue weighted by molar-refractivity contribution is -0.137. The summed E-state index contributed by atoms with van der Waals surface area (Å²) >= 11 is 0. The summed E-state index contributed by atoms with van der Waals surface area (Å²) in [6.07, 6.45) is 1.08. The molecule has 8 heteroatoms. The van der Waals surface area contributed by atoms with Crippen LogP contribution in [0.15, 0.2) is 16.7 Å². The number of carbonyl (C=O) groups excluding carboxylic acids is 1. The van der Waals surface area contributed by atoms with Crippen molar-refractivity contribution in [1.82, 2.24) is 0 Å². The van der Waals surface area contributed by atoms with Crippen LogP contribution in [0.4, 0.5) is 0 Å². The zero-order valence-electron chi connectivity index (χ0n) is 8.87. The minimum Gasteiger partial charge on any atom is -0.478 e. The van der Waals surface area contributed by atoms with Crippen LogP contribution in [0.25, 0.3) is 0 Å². The van der Waals surface area contributed by atoms with Crippen molar-refractivity contribution in [3.8, 4) is 0 Å². The van der Waals surface area contributed by atoms with Gasteiger partial charge in [-0.05, 0) is 6.07 Å². The van der Waals surface area contributed by atoms with Gasteiger partial charge in [0.2, 0.25) is 0 Å². The molecule has 0 aromatic carbocycles. The number of esters is 1. The average Bonchev–Trinajstić information content (AvgIpc) is 2.64. The van der Waals surface area contributed by atoms with Crippen LogP contribution in [0.5, 0.6) is 0 Å². The highest BCUT2D eigenvalue weighted by Crippen LogP contribution is 2.14. The fourth-order valence-electron chi connectivity index (χ4n) is 1.13. The van der Waals surface area contributed by atoms with Crippen molar-refractivity contribution in [3.63, 3.8) is 0 Å². The van der Waals surface area contributed by atoms with Crippen molar-refractivity contribution in [2.45, 2.75) is 5.75 Å². The third-order valence-corrected chi connectivity index (χ3v) is 3.27. The van der Waals surface area contributed by atoms with Crippen LogP contribution in [0.3, 0.4) is 0 Å². The highest BCUT2D eigenvalue weighted by atomic mass is 32.2. The normalized spacial score (nSPS) is 11.1. The molecule has 0 saturated carbocycles. The Labute approximate surface area is 96.9 Å². The van der Waals surface area contributed by atoms with Crippen molar-refractivity contribution in [3.05, 3.63) is 23.7 Å². The first kappa shape index (κ1) is 13.2. The Kier molecular flexibility index (Phi) is 3.89. The molecule has 0 aliphatic carbocycles. The van der Waals surface area contributed by atoms with Gasteiger partial charge in [0.05, 0.1) is 13.4 Å². The molecule has 1 aromatic rings. The molecule has 1 heterocycles. The second kappa shape index (κ2) is 5.00. The number of carboxylic acid groups (broad SMARTS) is 1. The van der Waals surface area contributed by atoms with Crippen LogP contribution in [0.2, 0.25) is 0 Å². The Morgan fingerprint density at radius 1 is 1.47 bits per heavy atom. The first-order chi connectivity index (χ1) is 7.85. The predicted molar refractivity (Wildman–Crippen MR) is 55.2 cm³/mol. The van der Waals surface area contributed by atoms with E-state index in [0.717, 1.165) is 19.4 Å². The summed E-state index contributed by atoms with van der Waals surface area (Å²) < 4.78 is 32.0. The molecule has 1 N–H and O–H groups in total. The van der Waals surface area contributed by atoms with Gasteiger partial charge < -0.3 is 14.3 Å². The van der Waals surface area contributed by atoms with E-state index in [9.17, 15) is 18.0 Å². The van der Waals surface area contributed by atoms with Crippen LogP contribution >= 0.6 is 0 Å². The number of furan rings is 1. The van der Waals surface area contributed by atoms with Gasteiger partial charge in [0.15, 0.2) is 9.84 Å². The van der Waals surface area contributed by atoms with Crippen molar-refractivity contribution >= 4 is 21.8 Å². The van der Waals surface area contributed by atoms with Crippen molar-refractivity contribution in [2.24, 2.45) is 0 Å². The second-order valence-corrected chi connectivity index (χ2v) is 5.24. The maximum atomic E-state index is 11.5. The number of aromatic carboxylic acids is 1. The maximum Gasteiger partial charge on any atom is 0.339 e. The van der Waals surface area contributed by atoms with E-state index >= 15 is 0 Å². The quantitative estimate of drug-likeness (QED) is 0.747. The molecule has 0 saturated heterocycles. The highest BCUT2D eigenvalue weighted by molar-refractivity contribution is 7.91. The van der Waals surface area contributed by atoms with Gasteiger partial charge in [-0.3, -0.25) is 4.79 Å². The average molecular weight is 262 g/mol. The number of methoxy groups -OCH3 is 1. The molecule has 94 valence electrons. The first-order valence-corrected chi connectivity index (χ1v) is 6.25. The van der Waals surface area contributed by atoms with Crippen molar-refractivity contribution < 1.29 is 32.3 Å². The summed E-state index contributed by atoms with van der Waals surface area (Å²) in [6, 6.07) is 1.14. The number of carbonyl (C=O) groups is 2. The lowest BCUT2D eigenvalue weighted by Gasteiger charge is -2.01. The van der Waals surface area contributed by atoms with E-state index in [-0.39, 0.29) is 11.3 Å². The number of rotatable bonds is 5. The van der Waals surface area contributed by atoms with Crippen LogP contribution in [-0.4, -0.2) is 38.3 Å². The van der Waals surface area contributed by atoms with Crippen molar-refractivity contribution in [1.29, 1.82) is 0 Å². The number of carboxylic acids is 1. The Hall–Kier alpha value is -1.83. The Morgan fingerprint density at radius 3 is 2.65 bits per heavy atom. The molecule has 0 unspecified atom stereocenters. The van der Waals surface area contributed by atoms with Gasteiger partial charge >= 0.3 is 11.9 Å². The summed E-state index contributed by atoms with van der Waals surface area (Å²) in [7, 11) is -2.74. The third kappa shape index (κ3) is 3.59. The number of sulfone groups is 1. The minimum atomic E-state index is -3.80. The Morgan fingerprint density at radius 2 is 2.12 bits per heavy atom. The van der Waals surface area contributed by atoms with E-state index in [1.165, 1.54) is 0 Å². The fourth-order valence-corrected chi connectivity index (χ4v) is 2.33. The molecular formula is C9H10O7S. The lowest BCUT2D eigenvalue weighted by atomic mass is 10.3. The number of hydrogen-bond donors (Lipinski definition) is 1. The van der Waals surface area contributed by atoms with Gasteiger partial charge in [-0.15, -0.1) is 0 Å². The standard InChI is InChI=1S/C9H10O7S/c1-15-8(10)5-17(13,14)4-7-6(9(11)12)2-3-16-7/h2-3H,4-5H2,1H3,(H,11,12). The summed E-state index contributed by atoms with van der Waals surface area (Å²) in [4.78, 5) is 21.5. The van der Waals surface area contributed by atoms with Gasteiger partial charge in [-0.2, -0.15) is 0 Å². The third-order valence-electron chi connectivity index (χ3n) is 1.89. The summed E-state index contributed by atoms with van der Waals surface area (Å²) in [5.74, 6) is -3.88. The molecule has 0 fully saturated rings. The molecule has 1 rings (SSSR count). The fraction of sp³-hybridized carbons (Fsp3) is 0.333. The van der Waals surface area contributed by atoms with Gasteiger partial charge in [-0.1, -0.05) is 0 Å². The van der Waals surface area contributed by atoms with Gasteiger partial charge in [-0.25, -0.2) is 13.2 Å². The monoisotopic (exact) mass is 262 g/mol. The van der Waals surface area contributed by atoms with Crippen LogP contribution in [-0.2, 0) is 25.1 Å². The maximum absolute atomic E-state index is 11.5. The SMILES string of the molecule is COC(=O)CS(=O)(=O)Cc1occc1C(=O)O. The van der Waals surface area contributed by atoms with Crippen LogP contribution < -0.4 is 0 Å². The molecule has 0 radical (unpaired) electrons. The van der Waals surface area contributed by atoms with Gasteiger partial charge in [0, 0.05) is 0 Å². The predicted octanol–water partition coefficient (Wildman–Crippen LogP) is 0.0656. The molecule has 0 spiro atoms. The van der Waals surface area contributed by atoms with Crippen LogP contribution in [0, 0.1) is 0 Å². The van der Waals surface area contributed by atoms with E-state index in [1.54, 1.807) is 0 Å². The summed E-state index contributed by atoms with van der Waals surface area (Å²) in [5, 5.41) is 8.73. The van der Waals surface area contributed by atoms with Crippen molar-refractivity contribution in [2.75, 3.05) is 12.9 Å². The van der Waals surface area contributed by atoms with Gasteiger partial charge in [0.1, 0.15) is 22.8 Å². The Bertz CT molecular complexity index is 525. The largest absolute Gasteiger partial charge is 0.478 e.